The number of halogens is 1. The lowest BCUT2D eigenvalue weighted by Crippen LogP contribution is -2.34. The van der Waals surface area contributed by atoms with E-state index >= 15 is 0 Å². The van der Waals surface area contributed by atoms with Gasteiger partial charge in [-0.1, -0.05) is 11.2 Å². The maximum absolute atomic E-state index is 13.3. The molecule has 2 heterocycles. The van der Waals surface area contributed by atoms with Crippen LogP contribution in [-0.4, -0.2) is 28.1 Å². The number of nitrogens with zero attached hydrogens (tertiary/aromatic N) is 4. The van der Waals surface area contributed by atoms with Crippen LogP contribution in [0.4, 0.5) is 4.39 Å². The van der Waals surface area contributed by atoms with Gasteiger partial charge in [0.05, 0.1) is 11.6 Å². The van der Waals surface area contributed by atoms with Gasteiger partial charge >= 0.3 is 0 Å². The normalized spacial score (nSPS) is 21.6. The molecule has 1 saturated carbocycles. The predicted octanol–water partition coefficient (Wildman–Crippen LogP) is 3.34. The zero-order valence-corrected chi connectivity index (χ0v) is 13.4. The monoisotopic (exact) mass is 326 g/mol. The summed E-state index contributed by atoms with van der Waals surface area (Å²) in [6, 6.07) is 6.51. The largest absolute Gasteiger partial charge is 0.339 e. The van der Waals surface area contributed by atoms with Crippen molar-refractivity contribution in [2.75, 3.05) is 13.1 Å². The van der Waals surface area contributed by atoms with Crippen LogP contribution in [0.25, 0.3) is 0 Å². The van der Waals surface area contributed by atoms with Crippen molar-refractivity contribution in [2.24, 2.45) is 0 Å². The van der Waals surface area contributed by atoms with Gasteiger partial charge in [-0.2, -0.15) is 10.2 Å². The van der Waals surface area contributed by atoms with E-state index in [1.54, 1.807) is 6.07 Å². The Bertz CT molecular complexity index is 778. The summed E-state index contributed by atoms with van der Waals surface area (Å²) in [5.41, 5.74) is 1.28. The number of hydrogen-bond acceptors (Lipinski definition) is 5. The molecule has 5 nitrogen and oxygen atoms in total. The van der Waals surface area contributed by atoms with Crippen molar-refractivity contribution < 1.29 is 8.91 Å². The highest BCUT2D eigenvalue weighted by molar-refractivity contribution is 5.37. The van der Waals surface area contributed by atoms with Gasteiger partial charge in [0.25, 0.3) is 0 Å². The highest BCUT2D eigenvalue weighted by Crippen LogP contribution is 2.39. The van der Waals surface area contributed by atoms with Crippen LogP contribution in [0.15, 0.2) is 22.7 Å². The molecule has 1 aliphatic heterocycles. The molecule has 0 radical (unpaired) electrons. The third kappa shape index (κ3) is 3.17. The van der Waals surface area contributed by atoms with Crippen LogP contribution in [0.5, 0.6) is 0 Å². The van der Waals surface area contributed by atoms with Crippen molar-refractivity contribution in [3.8, 4) is 6.07 Å². The fourth-order valence-corrected chi connectivity index (χ4v) is 3.35. The fraction of sp³-hybridized carbons (Fsp3) is 0.500. The molecule has 0 spiro atoms. The Kier molecular flexibility index (Phi) is 4.03. The van der Waals surface area contributed by atoms with E-state index in [2.05, 4.69) is 21.1 Å². The molecule has 1 aromatic carbocycles. The number of benzene rings is 1. The van der Waals surface area contributed by atoms with E-state index in [9.17, 15) is 9.65 Å². The lowest BCUT2D eigenvalue weighted by molar-refractivity contribution is 0.194. The Morgan fingerprint density at radius 3 is 2.96 bits per heavy atom. The topological polar surface area (TPSA) is 66.0 Å². The van der Waals surface area contributed by atoms with Gasteiger partial charge in [-0.05, 0) is 49.9 Å². The van der Waals surface area contributed by atoms with Crippen molar-refractivity contribution in [2.45, 2.75) is 44.1 Å². The highest BCUT2D eigenvalue weighted by Gasteiger charge is 2.32. The van der Waals surface area contributed by atoms with Crippen LogP contribution in [-0.2, 0) is 6.54 Å². The van der Waals surface area contributed by atoms with Crippen LogP contribution in [0.3, 0.4) is 0 Å². The number of nitriles is 1. The van der Waals surface area contributed by atoms with E-state index < -0.39 is 0 Å². The maximum Gasteiger partial charge on any atom is 0.229 e. The first-order valence-corrected chi connectivity index (χ1v) is 8.47. The van der Waals surface area contributed by atoms with Gasteiger partial charge in [0, 0.05) is 24.9 Å². The van der Waals surface area contributed by atoms with Crippen molar-refractivity contribution in [1.29, 1.82) is 5.26 Å². The molecule has 1 aliphatic carbocycles. The second kappa shape index (κ2) is 6.33. The first-order chi connectivity index (χ1) is 11.7. The summed E-state index contributed by atoms with van der Waals surface area (Å²) in [7, 11) is 0. The first-order valence-electron chi connectivity index (χ1n) is 8.47. The Balaban J connectivity index is 1.45. The van der Waals surface area contributed by atoms with Crippen molar-refractivity contribution in [3.05, 3.63) is 46.9 Å². The predicted molar refractivity (Wildman–Crippen MR) is 84.6 cm³/mol. The Hall–Kier alpha value is -2.26. The first kappa shape index (κ1) is 15.3. The third-order valence-electron chi connectivity index (χ3n) is 4.84. The molecule has 1 saturated heterocycles. The Labute approximate surface area is 140 Å². The molecule has 2 fully saturated rings. The maximum atomic E-state index is 13.3. The molecule has 1 atom stereocenters. The summed E-state index contributed by atoms with van der Waals surface area (Å²) >= 11 is 0. The zero-order valence-electron chi connectivity index (χ0n) is 13.4. The smallest absolute Gasteiger partial charge is 0.229 e. The van der Waals surface area contributed by atoms with Crippen molar-refractivity contribution >= 4 is 0 Å². The highest BCUT2D eigenvalue weighted by atomic mass is 19.1. The van der Waals surface area contributed by atoms with E-state index in [0.717, 1.165) is 56.1 Å². The van der Waals surface area contributed by atoms with E-state index in [1.165, 1.54) is 12.1 Å². The summed E-state index contributed by atoms with van der Waals surface area (Å²) in [5, 5.41) is 13.4. The second-order valence-corrected chi connectivity index (χ2v) is 6.75. The summed E-state index contributed by atoms with van der Waals surface area (Å²) in [4.78, 5) is 6.86. The molecule has 4 rings (SSSR count). The molecule has 1 aromatic heterocycles. The molecule has 0 bridgehead atoms. The van der Waals surface area contributed by atoms with E-state index in [4.69, 9.17) is 4.52 Å². The van der Waals surface area contributed by atoms with Gasteiger partial charge in [-0.15, -0.1) is 0 Å². The lowest BCUT2D eigenvalue weighted by Gasteiger charge is -2.31. The molecular weight excluding hydrogens is 307 g/mol. The number of likely N-dealkylation sites (tertiary alicyclic amines) is 1. The summed E-state index contributed by atoms with van der Waals surface area (Å²) in [6.45, 7) is 2.45. The van der Waals surface area contributed by atoms with Gasteiger partial charge in [0.15, 0.2) is 5.82 Å². The molecule has 124 valence electrons. The molecule has 0 N–H and O–H groups in total. The Morgan fingerprint density at radius 1 is 1.29 bits per heavy atom. The van der Waals surface area contributed by atoms with Crippen LogP contribution < -0.4 is 0 Å². The van der Waals surface area contributed by atoms with Gasteiger partial charge in [-0.25, -0.2) is 4.39 Å². The van der Waals surface area contributed by atoms with Crippen LogP contribution in [0, 0.1) is 17.1 Å². The summed E-state index contributed by atoms with van der Waals surface area (Å²) in [5.74, 6) is 1.96. The second-order valence-electron chi connectivity index (χ2n) is 6.75. The molecule has 24 heavy (non-hydrogen) atoms. The fourth-order valence-electron chi connectivity index (χ4n) is 3.35. The minimum absolute atomic E-state index is 0.265. The number of aromatic nitrogens is 2. The van der Waals surface area contributed by atoms with Crippen molar-refractivity contribution in [3.63, 3.8) is 0 Å². The van der Waals surface area contributed by atoms with Crippen molar-refractivity contribution in [1.82, 2.24) is 15.0 Å². The van der Waals surface area contributed by atoms with E-state index in [-0.39, 0.29) is 11.7 Å². The minimum Gasteiger partial charge on any atom is -0.339 e. The van der Waals surface area contributed by atoms with E-state index in [0.29, 0.717) is 18.0 Å². The van der Waals surface area contributed by atoms with Crippen LogP contribution in [0.2, 0.25) is 0 Å². The number of piperidine rings is 1. The van der Waals surface area contributed by atoms with Gasteiger partial charge in [-0.3, -0.25) is 4.90 Å². The van der Waals surface area contributed by atoms with Gasteiger partial charge < -0.3 is 4.52 Å². The molecule has 0 unspecified atom stereocenters. The average molecular weight is 326 g/mol. The SMILES string of the molecule is N#Cc1cc(F)ccc1CN1CCC[C@H](c2noc(C3CC3)n2)C1. The molecule has 6 heteroatoms. The Morgan fingerprint density at radius 2 is 2.17 bits per heavy atom. The van der Waals surface area contributed by atoms with E-state index in [1.807, 2.05) is 0 Å². The van der Waals surface area contributed by atoms with Gasteiger partial charge in [0.1, 0.15) is 5.82 Å². The average Bonchev–Trinajstić information content (AvgIpc) is 3.33. The third-order valence-corrected chi connectivity index (χ3v) is 4.84. The van der Waals surface area contributed by atoms with Crippen LogP contribution in [0.1, 0.15) is 60.4 Å². The number of rotatable bonds is 4. The van der Waals surface area contributed by atoms with Crippen LogP contribution >= 0.6 is 0 Å². The molecule has 0 amide bonds. The lowest BCUT2D eigenvalue weighted by atomic mass is 9.96. The quantitative estimate of drug-likeness (QED) is 0.862. The number of hydrogen-bond donors (Lipinski definition) is 0. The molecule has 2 aliphatic rings. The minimum atomic E-state index is -0.369. The molecule has 2 aromatic rings. The molecular formula is C18H19FN4O. The van der Waals surface area contributed by atoms with Gasteiger partial charge in [0.2, 0.25) is 5.89 Å². The summed E-state index contributed by atoms with van der Waals surface area (Å²) in [6.07, 6.45) is 4.41. The zero-order chi connectivity index (χ0) is 16.5. The summed E-state index contributed by atoms with van der Waals surface area (Å²) < 4.78 is 18.7. The standard InChI is InChI=1S/C18H19FN4O/c19-16-6-5-13(15(8-16)9-20)10-23-7-1-2-14(11-23)17-21-18(24-22-17)12-3-4-12/h5-6,8,12,14H,1-4,7,10-11H2/t14-/m0/s1.